The lowest BCUT2D eigenvalue weighted by Crippen LogP contribution is -2.39. The van der Waals surface area contributed by atoms with E-state index in [-0.39, 0.29) is 5.92 Å². The topological polar surface area (TPSA) is 89.4 Å². The minimum absolute atomic E-state index is 0.128. The highest BCUT2D eigenvalue weighted by molar-refractivity contribution is 7.89. The smallest absolute Gasteiger partial charge is 0.243 e. The van der Waals surface area contributed by atoms with Crippen molar-refractivity contribution in [1.29, 1.82) is 0 Å². The second-order valence-corrected chi connectivity index (χ2v) is 8.82. The van der Waals surface area contributed by atoms with Crippen LogP contribution in [-0.4, -0.2) is 36.0 Å². The van der Waals surface area contributed by atoms with Crippen molar-refractivity contribution in [3.63, 3.8) is 0 Å². The Kier molecular flexibility index (Phi) is 4.61. The Bertz CT molecular complexity index is 1040. The predicted molar refractivity (Wildman–Crippen MR) is 98.6 cm³/mol. The largest absolute Gasteiger partial charge is 0.458 e. The molecule has 4 rings (SSSR count). The van der Waals surface area contributed by atoms with E-state index in [0.29, 0.717) is 35.5 Å². The molecule has 142 valence electrons. The second kappa shape index (κ2) is 6.94. The summed E-state index contributed by atoms with van der Waals surface area (Å²) in [6.45, 7) is 4.60. The Morgan fingerprint density at radius 1 is 1.11 bits per heavy atom. The highest BCUT2D eigenvalue weighted by atomic mass is 32.2. The first kappa shape index (κ1) is 17.9. The van der Waals surface area contributed by atoms with Crippen LogP contribution in [0.3, 0.4) is 0 Å². The van der Waals surface area contributed by atoms with Gasteiger partial charge in [-0.2, -0.15) is 9.29 Å². The van der Waals surface area contributed by atoms with Crippen LogP contribution in [0.1, 0.15) is 36.0 Å². The van der Waals surface area contributed by atoms with E-state index in [2.05, 4.69) is 10.1 Å². The van der Waals surface area contributed by atoms with Crippen molar-refractivity contribution in [3.05, 3.63) is 53.6 Å². The Hall–Kier alpha value is -2.45. The monoisotopic (exact) mass is 387 g/mol. The van der Waals surface area contributed by atoms with Gasteiger partial charge in [-0.15, -0.1) is 0 Å². The highest BCUT2D eigenvalue weighted by Gasteiger charge is 2.33. The summed E-state index contributed by atoms with van der Waals surface area (Å²) in [7, 11) is -3.54. The average molecular weight is 387 g/mol. The van der Waals surface area contributed by atoms with Crippen LogP contribution in [0.15, 0.2) is 50.2 Å². The van der Waals surface area contributed by atoms with E-state index >= 15 is 0 Å². The molecule has 7 nitrogen and oxygen atoms in total. The standard InChI is InChI=1S/C19H21N3O4S/c1-13-5-8-16(9-6-13)27(23,24)22-11-3-4-15(12-22)19-20-18(21-26-19)17-10-7-14(2)25-17/h5-10,15H,3-4,11-12H2,1-2H3/t15-/m1/s1. The summed E-state index contributed by atoms with van der Waals surface area (Å²) in [5, 5.41) is 3.98. The van der Waals surface area contributed by atoms with Crippen LogP contribution >= 0.6 is 0 Å². The molecule has 0 unspecified atom stereocenters. The van der Waals surface area contributed by atoms with Gasteiger partial charge in [0.2, 0.25) is 21.7 Å². The molecule has 0 bridgehead atoms. The van der Waals surface area contributed by atoms with Crippen LogP contribution in [0.5, 0.6) is 0 Å². The molecule has 0 aliphatic carbocycles. The van der Waals surface area contributed by atoms with Crippen LogP contribution < -0.4 is 0 Å². The number of sulfonamides is 1. The lowest BCUT2D eigenvalue weighted by molar-refractivity contribution is 0.265. The quantitative estimate of drug-likeness (QED) is 0.680. The van der Waals surface area contributed by atoms with Gasteiger partial charge >= 0.3 is 0 Å². The molecule has 1 aliphatic heterocycles. The number of aromatic nitrogens is 2. The van der Waals surface area contributed by atoms with Crippen molar-refractivity contribution >= 4 is 10.0 Å². The molecule has 0 spiro atoms. The number of hydrogen-bond donors (Lipinski definition) is 0. The summed E-state index contributed by atoms with van der Waals surface area (Å²) in [6, 6.07) is 10.5. The number of rotatable bonds is 4. The van der Waals surface area contributed by atoms with E-state index < -0.39 is 10.0 Å². The van der Waals surface area contributed by atoms with Crippen LogP contribution in [0, 0.1) is 13.8 Å². The van der Waals surface area contributed by atoms with Gasteiger partial charge in [-0.05, 0) is 51.0 Å². The first-order valence-electron chi connectivity index (χ1n) is 8.91. The first-order valence-corrected chi connectivity index (χ1v) is 10.3. The summed E-state index contributed by atoms with van der Waals surface area (Å²) in [6.07, 6.45) is 1.55. The predicted octanol–water partition coefficient (Wildman–Crippen LogP) is 3.51. The molecule has 27 heavy (non-hydrogen) atoms. The molecule has 3 aromatic rings. The Labute approximate surface area is 158 Å². The molecule has 1 aliphatic rings. The maximum atomic E-state index is 12.9. The van der Waals surface area contributed by atoms with Gasteiger partial charge < -0.3 is 8.94 Å². The molecule has 0 radical (unpaired) electrons. The summed E-state index contributed by atoms with van der Waals surface area (Å²) in [4.78, 5) is 4.74. The van der Waals surface area contributed by atoms with E-state index in [0.717, 1.165) is 24.2 Å². The van der Waals surface area contributed by atoms with Crippen LogP contribution in [-0.2, 0) is 10.0 Å². The highest BCUT2D eigenvalue weighted by Crippen LogP contribution is 2.31. The summed E-state index contributed by atoms with van der Waals surface area (Å²) in [5.41, 5.74) is 1.03. The molecule has 1 saturated heterocycles. The van der Waals surface area contributed by atoms with Gasteiger partial charge in [-0.25, -0.2) is 8.42 Å². The molecule has 0 N–H and O–H groups in total. The molecule has 1 fully saturated rings. The van der Waals surface area contributed by atoms with Crippen LogP contribution in [0.4, 0.5) is 0 Å². The zero-order chi connectivity index (χ0) is 19.0. The first-order chi connectivity index (χ1) is 12.9. The number of furan rings is 1. The van der Waals surface area contributed by atoms with Crippen molar-refractivity contribution in [2.45, 2.75) is 37.5 Å². The summed E-state index contributed by atoms with van der Waals surface area (Å²) >= 11 is 0. The van der Waals surface area contributed by atoms with E-state index in [1.54, 1.807) is 18.2 Å². The lowest BCUT2D eigenvalue weighted by atomic mass is 10.00. The van der Waals surface area contributed by atoms with Gasteiger partial charge in [-0.1, -0.05) is 22.9 Å². The van der Waals surface area contributed by atoms with Gasteiger partial charge in [0.15, 0.2) is 5.76 Å². The van der Waals surface area contributed by atoms with E-state index in [9.17, 15) is 8.42 Å². The van der Waals surface area contributed by atoms with Gasteiger partial charge in [0.1, 0.15) is 5.76 Å². The molecule has 8 heteroatoms. The van der Waals surface area contributed by atoms with Crippen LogP contribution in [0.25, 0.3) is 11.6 Å². The number of piperidine rings is 1. The fourth-order valence-corrected chi connectivity index (χ4v) is 4.80. The van der Waals surface area contributed by atoms with Crippen molar-refractivity contribution in [3.8, 4) is 11.6 Å². The number of benzene rings is 1. The minimum atomic E-state index is -3.54. The normalized spacial score (nSPS) is 18.7. The van der Waals surface area contributed by atoms with Crippen molar-refractivity contribution in [1.82, 2.24) is 14.4 Å². The fraction of sp³-hybridized carbons (Fsp3) is 0.368. The van der Waals surface area contributed by atoms with Gasteiger partial charge in [0.25, 0.3) is 0 Å². The molecule has 0 saturated carbocycles. The third-order valence-corrected chi connectivity index (χ3v) is 6.67. The molecular formula is C19H21N3O4S. The molecule has 0 amide bonds. The molecule has 1 atom stereocenters. The summed E-state index contributed by atoms with van der Waals surface area (Å²) < 4.78 is 38.3. The fourth-order valence-electron chi connectivity index (χ4n) is 3.28. The van der Waals surface area contributed by atoms with Gasteiger partial charge in [-0.3, -0.25) is 0 Å². The number of nitrogens with zero attached hydrogens (tertiary/aromatic N) is 3. The molecule has 2 aromatic heterocycles. The Morgan fingerprint density at radius 3 is 2.59 bits per heavy atom. The van der Waals surface area contributed by atoms with Gasteiger partial charge in [0, 0.05) is 13.1 Å². The van der Waals surface area contributed by atoms with Crippen molar-refractivity contribution < 1.29 is 17.4 Å². The molecule has 3 heterocycles. The van der Waals surface area contributed by atoms with E-state index in [4.69, 9.17) is 8.94 Å². The van der Waals surface area contributed by atoms with Crippen molar-refractivity contribution in [2.24, 2.45) is 0 Å². The third kappa shape index (κ3) is 3.54. The zero-order valence-corrected chi connectivity index (χ0v) is 16.1. The number of hydrogen-bond acceptors (Lipinski definition) is 6. The van der Waals surface area contributed by atoms with Crippen molar-refractivity contribution in [2.75, 3.05) is 13.1 Å². The SMILES string of the molecule is Cc1ccc(S(=O)(=O)N2CCC[C@@H](c3nc(-c4ccc(C)o4)no3)C2)cc1. The molecular weight excluding hydrogens is 366 g/mol. The lowest BCUT2D eigenvalue weighted by Gasteiger charge is -2.30. The third-order valence-electron chi connectivity index (χ3n) is 4.79. The van der Waals surface area contributed by atoms with E-state index in [1.165, 1.54) is 4.31 Å². The van der Waals surface area contributed by atoms with E-state index in [1.807, 2.05) is 32.0 Å². The molecule has 1 aromatic carbocycles. The Balaban J connectivity index is 1.54. The van der Waals surface area contributed by atoms with Crippen LogP contribution in [0.2, 0.25) is 0 Å². The maximum Gasteiger partial charge on any atom is 0.243 e. The zero-order valence-electron chi connectivity index (χ0n) is 15.3. The minimum Gasteiger partial charge on any atom is -0.458 e. The maximum absolute atomic E-state index is 12.9. The van der Waals surface area contributed by atoms with Gasteiger partial charge in [0.05, 0.1) is 10.8 Å². The number of aryl methyl sites for hydroxylation is 2. The Morgan fingerprint density at radius 2 is 1.89 bits per heavy atom. The summed E-state index contributed by atoms with van der Waals surface area (Å²) in [5.74, 6) is 2.02. The average Bonchev–Trinajstić information content (AvgIpc) is 3.31. The second-order valence-electron chi connectivity index (χ2n) is 6.88.